The van der Waals surface area contributed by atoms with Crippen LogP contribution in [0.5, 0.6) is 0 Å². The van der Waals surface area contributed by atoms with Gasteiger partial charge >= 0.3 is 29.6 Å². The molecule has 0 fully saturated rings. The third-order valence-corrected chi connectivity index (χ3v) is 13.5. The Morgan fingerprint density at radius 1 is 0.795 bits per heavy atom. The van der Waals surface area contributed by atoms with Gasteiger partial charge in [-0.25, -0.2) is 16.8 Å². The number of halogens is 4. The van der Waals surface area contributed by atoms with Gasteiger partial charge in [-0.15, -0.1) is 0 Å². The first kappa shape index (κ1) is 39.0. The van der Waals surface area contributed by atoms with Crippen molar-refractivity contribution in [1.82, 2.24) is 8.97 Å². The predicted molar refractivity (Wildman–Crippen MR) is 178 cm³/mol. The van der Waals surface area contributed by atoms with E-state index in [-0.39, 0.29) is 47.8 Å². The number of allylic oxidation sites excluding steroid dienone is 2. The first-order valence-corrected chi connectivity index (χ1v) is 19.8. The molecule has 0 saturated heterocycles. The average Bonchev–Trinajstić information content (AvgIpc) is 3.35. The number of benzene rings is 2. The first-order chi connectivity index (χ1) is 20.0. The predicted octanol–water partition coefficient (Wildman–Crippen LogP) is 4.46. The first-order valence-electron chi connectivity index (χ1n) is 13.4. The third kappa shape index (κ3) is 8.56. The van der Waals surface area contributed by atoms with Gasteiger partial charge < -0.3 is 9.11 Å². The van der Waals surface area contributed by atoms with Crippen molar-refractivity contribution >= 4 is 102 Å². The van der Waals surface area contributed by atoms with Gasteiger partial charge in [-0.1, -0.05) is 64.2 Å². The van der Waals surface area contributed by atoms with Crippen LogP contribution in [0.15, 0.2) is 57.3 Å². The zero-order chi connectivity index (χ0) is 31.8. The topological polar surface area (TPSA) is 114 Å². The summed E-state index contributed by atoms with van der Waals surface area (Å²) < 4.78 is 69.1. The molecule has 3 unspecified atom stereocenters. The molecule has 0 aromatic heterocycles. The van der Waals surface area contributed by atoms with Crippen LogP contribution < -0.4 is 38.5 Å². The van der Waals surface area contributed by atoms with Gasteiger partial charge in [0.2, 0.25) is 0 Å². The van der Waals surface area contributed by atoms with Gasteiger partial charge in [-0.2, -0.15) is 0 Å². The van der Waals surface area contributed by atoms with E-state index in [0.717, 1.165) is 26.2 Å². The Morgan fingerprint density at radius 3 is 1.86 bits per heavy atom. The summed E-state index contributed by atoms with van der Waals surface area (Å²) in [5, 5.41) is 2.33. The van der Waals surface area contributed by atoms with Gasteiger partial charge in [-0.05, 0) is 43.8 Å². The second-order valence-electron chi connectivity index (χ2n) is 10.3. The quantitative estimate of drug-likeness (QED) is 0.177. The molecule has 2 aliphatic heterocycles. The zero-order valence-corrected chi connectivity index (χ0v) is 32.6. The molecular weight excluding hydrogens is 741 g/mol. The molecule has 0 amide bonds. The number of likely N-dealkylation sites (N-methyl/N-ethyl adjacent to an activating group) is 1. The number of hydrogen-bond donors (Lipinski definition) is 0. The summed E-state index contributed by atoms with van der Waals surface area (Å²) in [6.45, 7) is 5.95. The van der Waals surface area contributed by atoms with E-state index in [2.05, 4.69) is 0 Å². The van der Waals surface area contributed by atoms with E-state index >= 15 is 0 Å². The van der Waals surface area contributed by atoms with E-state index in [0.29, 0.717) is 55.2 Å². The van der Waals surface area contributed by atoms with Crippen LogP contribution in [0.3, 0.4) is 0 Å². The standard InChI is InChI=1S/C27H30Cl4N2O6S4.Na/c1-3-32(10-6-12-42(34,35)36)22-14-18(28)20(30)16-24(22)40-26(32)8-5-9-27-33(4-2,11-7-13-43(37,38)39)23-15-19(29)21(31)17-25(23)41-27;/h5,8-9,14-17,26H,3-4,6-7,10-13H2,1-2H3;/q;+1/b8-5-,27-9+;. The summed E-state index contributed by atoms with van der Waals surface area (Å²) in [7, 11) is -8.76. The molecule has 0 spiro atoms. The van der Waals surface area contributed by atoms with Crippen LogP contribution in [0.4, 0.5) is 11.4 Å². The SMILES string of the molecule is CC[N+]1(CCCS(=O)(=O)[O-])/C(=C\C=C/C2Sc3cc(Cl)c(Cl)cc3[N+]2(CC)CCCS(=O)(=O)[O-])Sc2cc(Cl)c(Cl)cc21.[Na+]. The number of quaternary nitrogens is 2. The van der Waals surface area contributed by atoms with Crippen LogP contribution in [0, 0.1) is 0 Å². The van der Waals surface area contributed by atoms with Crippen LogP contribution in [0.1, 0.15) is 26.7 Å². The van der Waals surface area contributed by atoms with Crippen molar-refractivity contribution < 1.29 is 55.5 Å². The number of thioether (sulfide) groups is 2. The largest absolute Gasteiger partial charge is 1.00 e. The minimum atomic E-state index is -4.38. The molecular formula is C27H30Cl4N2NaO6S4+. The van der Waals surface area contributed by atoms with Gasteiger partial charge in [-0.3, -0.25) is 8.97 Å². The van der Waals surface area contributed by atoms with Crippen LogP contribution in [-0.4, -0.2) is 69.0 Å². The maximum atomic E-state index is 11.4. The smallest absolute Gasteiger partial charge is 0.748 e. The molecule has 236 valence electrons. The Labute approximate surface area is 310 Å². The fraction of sp³-hybridized carbons (Fsp3) is 0.407. The van der Waals surface area contributed by atoms with E-state index in [9.17, 15) is 25.9 Å². The van der Waals surface area contributed by atoms with Crippen molar-refractivity contribution in [2.45, 2.75) is 41.9 Å². The maximum Gasteiger partial charge on any atom is 1.00 e. The molecule has 2 aromatic rings. The molecule has 0 saturated carbocycles. The van der Waals surface area contributed by atoms with Crippen molar-refractivity contribution in [3.8, 4) is 0 Å². The Hall–Kier alpha value is 0.520. The van der Waals surface area contributed by atoms with E-state index in [1.54, 1.807) is 23.9 Å². The molecule has 2 aromatic carbocycles. The number of nitrogens with zero attached hydrogens (tertiary/aromatic N) is 2. The number of fused-ring (bicyclic) bond motifs is 2. The summed E-state index contributed by atoms with van der Waals surface area (Å²) in [4.78, 5) is 1.82. The maximum absolute atomic E-state index is 11.4. The molecule has 8 nitrogen and oxygen atoms in total. The van der Waals surface area contributed by atoms with Crippen molar-refractivity contribution in [1.29, 1.82) is 0 Å². The Morgan fingerprint density at radius 2 is 1.32 bits per heavy atom. The van der Waals surface area contributed by atoms with Crippen molar-refractivity contribution in [2.24, 2.45) is 0 Å². The number of rotatable bonds is 12. The van der Waals surface area contributed by atoms with Crippen molar-refractivity contribution in [3.63, 3.8) is 0 Å². The zero-order valence-electron chi connectivity index (χ0n) is 24.3. The molecule has 0 aliphatic carbocycles. The van der Waals surface area contributed by atoms with Gasteiger partial charge in [0.25, 0.3) is 0 Å². The Bertz CT molecular complexity index is 1690. The molecule has 2 heterocycles. The molecule has 2 aliphatic rings. The molecule has 4 rings (SSSR count). The van der Waals surface area contributed by atoms with E-state index in [1.165, 1.54) is 11.8 Å². The number of hydrogen-bond acceptors (Lipinski definition) is 8. The van der Waals surface area contributed by atoms with E-state index in [4.69, 9.17) is 46.4 Å². The van der Waals surface area contributed by atoms with E-state index in [1.807, 2.05) is 44.2 Å². The molecule has 0 bridgehead atoms. The van der Waals surface area contributed by atoms with Crippen molar-refractivity contribution in [2.75, 3.05) is 37.7 Å². The summed E-state index contributed by atoms with van der Waals surface area (Å²) in [6, 6.07) is 7.21. The molecule has 44 heavy (non-hydrogen) atoms. The Kier molecular flexibility index (Phi) is 13.6. The van der Waals surface area contributed by atoms with Crippen LogP contribution in [0.2, 0.25) is 20.1 Å². The second kappa shape index (κ2) is 15.4. The van der Waals surface area contributed by atoms with Crippen LogP contribution in [0.25, 0.3) is 0 Å². The minimum absolute atomic E-state index is 0. The summed E-state index contributed by atoms with van der Waals surface area (Å²) in [6.07, 6.45) is 6.28. The summed E-state index contributed by atoms with van der Waals surface area (Å²) in [5.41, 5.74) is 1.80. The summed E-state index contributed by atoms with van der Waals surface area (Å²) in [5.74, 6) is -0.945. The average molecular weight is 772 g/mol. The van der Waals surface area contributed by atoms with Gasteiger partial charge in [0.15, 0.2) is 16.1 Å². The second-order valence-corrected chi connectivity index (χ2v) is 17.2. The summed E-state index contributed by atoms with van der Waals surface area (Å²) >= 11 is 28.5. The normalized spacial score (nSPS) is 24.1. The molecule has 0 N–H and O–H groups in total. The molecule has 3 atom stereocenters. The third-order valence-electron chi connectivity index (χ3n) is 7.82. The minimum Gasteiger partial charge on any atom is -0.748 e. The monoisotopic (exact) mass is 769 g/mol. The van der Waals surface area contributed by atoms with Crippen molar-refractivity contribution in [3.05, 3.63) is 67.6 Å². The van der Waals surface area contributed by atoms with Crippen LogP contribution >= 0.6 is 69.9 Å². The van der Waals surface area contributed by atoms with Crippen LogP contribution in [-0.2, 0) is 20.2 Å². The fourth-order valence-corrected chi connectivity index (χ4v) is 10.4. The van der Waals surface area contributed by atoms with E-state index < -0.39 is 31.7 Å². The fourth-order valence-electron chi connectivity index (χ4n) is 5.70. The molecule has 0 radical (unpaired) electrons. The Balaban J connectivity index is 0.00000529. The molecule has 17 heteroatoms. The van der Waals surface area contributed by atoms with Gasteiger partial charge in [0.1, 0.15) is 5.69 Å². The van der Waals surface area contributed by atoms with Gasteiger partial charge in [0, 0.05) is 42.6 Å². The van der Waals surface area contributed by atoms with Gasteiger partial charge in [0.05, 0.1) is 76.3 Å².